The van der Waals surface area contributed by atoms with Gasteiger partial charge in [0.05, 0.1) is 16.1 Å². The van der Waals surface area contributed by atoms with Crippen LogP contribution in [0.1, 0.15) is 43.0 Å². The van der Waals surface area contributed by atoms with Crippen LogP contribution < -0.4 is 9.62 Å². The second kappa shape index (κ2) is 14.6. The smallest absolute Gasteiger partial charge is 0.350 e. The SMILES string of the molecule is Cc1ccc(S(=O)(=O)N(CC(=O)N(Cc2ccc(F)cc2)[C@@H](Cc2ccccc2)C(=O)NC(C)(C)C)c2cccc(C(F)(F)F)c2)cc1. The first-order valence-electron chi connectivity index (χ1n) is 15.1. The number of aryl methyl sites for hydroxylation is 1. The number of rotatable bonds is 11. The summed E-state index contributed by atoms with van der Waals surface area (Å²) in [6.45, 7) is 5.87. The number of nitrogens with one attached hydrogen (secondary N) is 1. The molecule has 0 aliphatic heterocycles. The van der Waals surface area contributed by atoms with Gasteiger partial charge in [0.2, 0.25) is 11.8 Å². The molecular weight excluding hydrogens is 646 g/mol. The van der Waals surface area contributed by atoms with Gasteiger partial charge in [-0.2, -0.15) is 13.2 Å². The fraction of sp³-hybridized carbons (Fsp3) is 0.278. The van der Waals surface area contributed by atoms with Crippen LogP contribution in [0.5, 0.6) is 0 Å². The Balaban J connectivity index is 1.85. The van der Waals surface area contributed by atoms with Crippen LogP contribution in [0.2, 0.25) is 0 Å². The highest BCUT2D eigenvalue weighted by Gasteiger charge is 2.37. The maximum atomic E-state index is 14.5. The predicted octanol–water partition coefficient (Wildman–Crippen LogP) is 6.90. The van der Waals surface area contributed by atoms with E-state index in [2.05, 4.69) is 5.32 Å². The van der Waals surface area contributed by atoms with Crippen molar-refractivity contribution in [2.24, 2.45) is 0 Å². The summed E-state index contributed by atoms with van der Waals surface area (Å²) >= 11 is 0. The highest BCUT2D eigenvalue weighted by molar-refractivity contribution is 7.92. The first kappa shape index (κ1) is 36.1. The van der Waals surface area contributed by atoms with Crippen molar-refractivity contribution < 1.29 is 35.6 Å². The standard InChI is InChI=1S/C36H37F4N3O4S/c1-25-13-19-31(20-14-25)48(46,47)43(30-12-8-11-28(22-30)36(38,39)40)24-33(44)42(23-27-15-17-29(37)18-16-27)32(34(45)41-35(2,3)4)21-26-9-6-5-7-10-26/h5-20,22,32H,21,23-24H2,1-4H3,(H,41,45)/t32-/m0/s1. The molecule has 2 amide bonds. The van der Waals surface area contributed by atoms with E-state index in [-0.39, 0.29) is 23.5 Å². The third-order valence-electron chi connectivity index (χ3n) is 7.38. The molecule has 48 heavy (non-hydrogen) atoms. The number of anilines is 1. The van der Waals surface area contributed by atoms with Gasteiger partial charge in [0.15, 0.2) is 0 Å². The number of amides is 2. The van der Waals surface area contributed by atoms with Crippen LogP contribution in [-0.2, 0) is 38.8 Å². The van der Waals surface area contributed by atoms with E-state index in [1.807, 2.05) is 0 Å². The van der Waals surface area contributed by atoms with Crippen molar-refractivity contribution in [1.29, 1.82) is 0 Å². The van der Waals surface area contributed by atoms with E-state index in [0.717, 1.165) is 17.7 Å². The number of hydrogen-bond acceptors (Lipinski definition) is 4. The lowest BCUT2D eigenvalue weighted by molar-refractivity contribution is -0.140. The lowest BCUT2D eigenvalue weighted by Crippen LogP contribution is -2.56. The minimum atomic E-state index is -4.79. The second-order valence-corrected chi connectivity index (χ2v) is 14.3. The molecule has 0 unspecified atom stereocenters. The molecule has 0 saturated heterocycles. The molecule has 1 N–H and O–H groups in total. The van der Waals surface area contributed by atoms with Crippen LogP contribution in [0.4, 0.5) is 23.2 Å². The molecule has 0 spiro atoms. The molecule has 0 saturated carbocycles. The number of hydrogen-bond donors (Lipinski definition) is 1. The third kappa shape index (κ3) is 9.43. The summed E-state index contributed by atoms with van der Waals surface area (Å²) in [6, 6.07) is 22.3. The van der Waals surface area contributed by atoms with Gasteiger partial charge in [-0.15, -0.1) is 0 Å². The highest BCUT2D eigenvalue weighted by atomic mass is 32.2. The Hall–Kier alpha value is -4.71. The van der Waals surface area contributed by atoms with Gasteiger partial charge in [-0.25, -0.2) is 12.8 Å². The van der Waals surface area contributed by atoms with Gasteiger partial charge in [-0.3, -0.25) is 13.9 Å². The van der Waals surface area contributed by atoms with Crippen molar-refractivity contribution in [2.45, 2.75) is 63.3 Å². The lowest BCUT2D eigenvalue weighted by atomic mass is 10.0. The fourth-order valence-electron chi connectivity index (χ4n) is 5.00. The van der Waals surface area contributed by atoms with Crippen molar-refractivity contribution in [3.05, 3.63) is 131 Å². The van der Waals surface area contributed by atoms with E-state index < -0.39 is 57.5 Å². The Morgan fingerprint density at radius 3 is 2.02 bits per heavy atom. The van der Waals surface area contributed by atoms with Crippen molar-refractivity contribution in [2.75, 3.05) is 10.8 Å². The van der Waals surface area contributed by atoms with E-state index in [9.17, 15) is 35.6 Å². The van der Waals surface area contributed by atoms with Crippen LogP contribution in [0.15, 0.2) is 108 Å². The van der Waals surface area contributed by atoms with Gasteiger partial charge in [0, 0.05) is 18.5 Å². The maximum absolute atomic E-state index is 14.5. The molecule has 0 aromatic heterocycles. The molecule has 0 radical (unpaired) electrons. The number of alkyl halides is 3. The third-order valence-corrected chi connectivity index (χ3v) is 9.17. The van der Waals surface area contributed by atoms with Gasteiger partial charge in [0.1, 0.15) is 18.4 Å². The number of carbonyl (C=O) groups is 2. The summed E-state index contributed by atoms with van der Waals surface area (Å²) in [7, 11) is -4.61. The summed E-state index contributed by atoms with van der Waals surface area (Å²) in [5.41, 5.74) is -0.320. The number of benzene rings is 4. The van der Waals surface area contributed by atoms with Crippen LogP contribution in [0, 0.1) is 12.7 Å². The van der Waals surface area contributed by atoms with Gasteiger partial charge in [-0.1, -0.05) is 66.2 Å². The van der Waals surface area contributed by atoms with E-state index in [0.29, 0.717) is 21.5 Å². The lowest BCUT2D eigenvalue weighted by Gasteiger charge is -2.35. The van der Waals surface area contributed by atoms with Crippen LogP contribution in [-0.4, -0.2) is 43.3 Å². The first-order chi connectivity index (χ1) is 22.4. The fourth-order valence-corrected chi connectivity index (χ4v) is 6.40. The molecule has 12 heteroatoms. The first-order valence-corrected chi connectivity index (χ1v) is 16.5. The maximum Gasteiger partial charge on any atom is 0.416 e. The van der Waals surface area contributed by atoms with Gasteiger partial charge < -0.3 is 10.2 Å². The Morgan fingerprint density at radius 1 is 0.812 bits per heavy atom. The van der Waals surface area contributed by atoms with E-state index >= 15 is 0 Å². The molecule has 1 atom stereocenters. The van der Waals surface area contributed by atoms with E-state index in [1.165, 1.54) is 59.5 Å². The van der Waals surface area contributed by atoms with Crippen molar-refractivity contribution >= 4 is 27.5 Å². The molecule has 254 valence electrons. The molecular formula is C36H37F4N3O4S. The minimum absolute atomic E-state index is 0.0317. The van der Waals surface area contributed by atoms with E-state index in [4.69, 9.17) is 0 Å². The molecule has 4 aromatic carbocycles. The Bertz CT molecular complexity index is 1820. The molecule has 0 aliphatic rings. The number of nitrogens with zero attached hydrogens (tertiary/aromatic N) is 2. The van der Waals surface area contributed by atoms with E-state index in [1.54, 1.807) is 58.0 Å². The summed E-state index contributed by atoms with van der Waals surface area (Å²) in [6.07, 6.45) is -4.76. The molecule has 0 aliphatic carbocycles. The largest absolute Gasteiger partial charge is 0.416 e. The summed E-state index contributed by atoms with van der Waals surface area (Å²) in [4.78, 5) is 29.3. The van der Waals surface area contributed by atoms with Crippen molar-refractivity contribution in [3.63, 3.8) is 0 Å². The van der Waals surface area contributed by atoms with Crippen molar-refractivity contribution in [3.8, 4) is 0 Å². The quantitative estimate of drug-likeness (QED) is 0.174. The van der Waals surface area contributed by atoms with Crippen LogP contribution in [0.25, 0.3) is 0 Å². The predicted molar refractivity (Wildman–Crippen MR) is 176 cm³/mol. The molecule has 4 aromatic rings. The van der Waals surface area contributed by atoms with Crippen LogP contribution >= 0.6 is 0 Å². The minimum Gasteiger partial charge on any atom is -0.350 e. The summed E-state index contributed by atoms with van der Waals surface area (Å²) in [5.74, 6) is -1.92. The Morgan fingerprint density at radius 2 is 1.44 bits per heavy atom. The topological polar surface area (TPSA) is 86.8 Å². The number of carbonyl (C=O) groups excluding carboxylic acids is 2. The highest BCUT2D eigenvalue weighted by Crippen LogP contribution is 2.33. The zero-order chi connectivity index (χ0) is 35.3. The molecule has 0 bridgehead atoms. The zero-order valence-electron chi connectivity index (χ0n) is 27.0. The van der Waals surface area contributed by atoms with Crippen LogP contribution in [0.3, 0.4) is 0 Å². The number of sulfonamides is 1. The Kier molecular flexibility index (Phi) is 11.0. The average molecular weight is 684 g/mol. The van der Waals surface area contributed by atoms with Crippen molar-refractivity contribution in [1.82, 2.24) is 10.2 Å². The van der Waals surface area contributed by atoms with Gasteiger partial charge in [0.25, 0.3) is 10.0 Å². The van der Waals surface area contributed by atoms with Gasteiger partial charge in [-0.05, 0) is 81.3 Å². The normalized spacial score (nSPS) is 12.7. The van der Waals surface area contributed by atoms with Gasteiger partial charge >= 0.3 is 6.18 Å². The number of halogens is 4. The Labute approximate surface area is 278 Å². The summed E-state index contributed by atoms with van der Waals surface area (Å²) in [5, 5.41) is 2.89. The second-order valence-electron chi connectivity index (χ2n) is 12.5. The average Bonchev–Trinajstić information content (AvgIpc) is 3.01. The molecule has 7 nitrogen and oxygen atoms in total. The monoisotopic (exact) mass is 683 g/mol. The molecule has 0 heterocycles. The zero-order valence-corrected chi connectivity index (χ0v) is 27.8. The molecule has 0 fully saturated rings. The molecule has 4 rings (SSSR count). The summed E-state index contributed by atoms with van der Waals surface area (Å²) < 4.78 is 84.0.